The number of benzene rings is 3. The summed E-state index contributed by atoms with van der Waals surface area (Å²) in [4.78, 5) is 9.61. The molecular formula is C27H28GeN2Se. The number of aromatic nitrogens is 2. The third-order valence-corrected chi connectivity index (χ3v) is 12.9. The van der Waals surface area contributed by atoms with Crippen molar-refractivity contribution in [2.75, 3.05) is 0 Å². The second-order valence-electron chi connectivity index (χ2n) is 9.89. The molecule has 0 fully saturated rings. The van der Waals surface area contributed by atoms with E-state index in [2.05, 4.69) is 85.7 Å². The number of rotatable bonds is 4. The predicted octanol–water partition coefficient (Wildman–Crippen LogP) is 6.40. The number of fused-ring (bicyclic) bond motifs is 4. The average Bonchev–Trinajstić information content (AvgIpc) is 3.12. The minimum atomic E-state index is -2.07. The van der Waals surface area contributed by atoms with E-state index in [0.29, 0.717) is 5.92 Å². The van der Waals surface area contributed by atoms with Crippen molar-refractivity contribution >= 4 is 62.4 Å². The summed E-state index contributed by atoms with van der Waals surface area (Å²) in [6.07, 6.45) is 2.89. The van der Waals surface area contributed by atoms with Crippen molar-refractivity contribution in [3.63, 3.8) is 0 Å². The van der Waals surface area contributed by atoms with Crippen LogP contribution in [-0.4, -0.2) is 37.7 Å². The molecule has 0 saturated heterocycles. The zero-order chi connectivity index (χ0) is 21.8. The molecule has 156 valence electrons. The van der Waals surface area contributed by atoms with Crippen LogP contribution in [0.25, 0.3) is 41.5 Å². The Morgan fingerprint density at radius 1 is 0.871 bits per heavy atom. The Bertz CT molecular complexity index is 1430. The topological polar surface area (TPSA) is 25.8 Å². The first kappa shape index (κ1) is 20.9. The van der Waals surface area contributed by atoms with Crippen molar-refractivity contribution in [1.82, 2.24) is 9.97 Å². The van der Waals surface area contributed by atoms with E-state index < -0.39 is 13.3 Å². The molecule has 5 aromatic rings. The molecule has 0 atom stereocenters. The summed E-state index contributed by atoms with van der Waals surface area (Å²) < 4.78 is 4.42. The van der Waals surface area contributed by atoms with E-state index in [4.69, 9.17) is 9.97 Å². The van der Waals surface area contributed by atoms with Crippen LogP contribution in [0.15, 0.2) is 60.9 Å². The van der Waals surface area contributed by atoms with E-state index >= 15 is 0 Å². The van der Waals surface area contributed by atoms with E-state index in [9.17, 15) is 0 Å². The second kappa shape index (κ2) is 7.88. The quantitative estimate of drug-likeness (QED) is 0.251. The van der Waals surface area contributed by atoms with Crippen LogP contribution < -0.4 is 4.40 Å². The van der Waals surface area contributed by atoms with Gasteiger partial charge >= 0.3 is 194 Å². The molecule has 0 amide bonds. The van der Waals surface area contributed by atoms with Gasteiger partial charge in [-0.1, -0.05) is 0 Å². The minimum absolute atomic E-state index is 0.238. The molecule has 0 N–H and O–H groups in total. The summed E-state index contributed by atoms with van der Waals surface area (Å²) in [5.41, 5.74) is 5.03. The monoisotopic (exact) mass is 534 g/mol. The molecule has 0 spiro atoms. The summed E-state index contributed by atoms with van der Waals surface area (Å²) in [5.74, 6) is 8.09. The van der Waals surface area contributed by atoms with Crippen LogP contribution in [0.4, 0.5) is 0 Å². The van der Waals surface area contributed by atoms with Gasteiger partial charge < -0.3 is 0 Å². The molecule has 0 unspecified atom stereocenters. The molecule has 0 bridgehead atoms. The molecular weight excluding hydrogens is 504 g/mol. The van der Waals surface area contributed by atoms with Crippen molar-refractivity contribution in [3.05, 3.63) is 66.5 Å². The van der Waals surface area contributed by atoms with Gasteiger partial charge in [0.2, 0.25) is 0 Å². The molecule has 0 radical (unpaired) electrons. The third kappa shape index (κ3) is 3.77. The Hall–Kier alpha value is -1.94. The summed E-state index contributed by atoms with van der Waals surface area (Å²) in [6, 6.07) is 20.4. The number of hydrogen-bond donors (Lipinski definition) is 0. The van der Waals surface area contributed by atoms with Crippen molar-refractivity contribution in [2.24, 2.45) is 5.92 Å². The van der Waals surface area contributed by atoms with E-state index in [0.717, 1.165) is 17.6 Å². The summed E-state index contributed by atoms with van der Waals surface area (Å²) >= 11 is -1.83. The summed E-state index contributed by atoms with van der Waals surface area (Å²) in [5, 5.41) is 4.06. The SMILES string of the molecule is CC(C)Cc1cccc2c1[se]c1c(-c3c[c]([Ge]([CH3])([CH3])[CH3])c4ccccc4c3)ncnc12. The molecule has 0 saturated carbocycles. The maximum atomic E-state index is 4.85. The number of hydrogen-bond acceptors (Lipinski definition) is 2. The Labute approximate surface area is 192 Å². The van der Waals surface area contributed by atoms with Gasteiger partial charge in [-0.2, -0.15) is 0 Å². The zero-order valence-electron chi connectivity index (χ0n) is 18.9. The van der Waals surface area contributed by atoms with Crippen molar-refractivity contribution in [3.8, 4) is 11.3 Å². The van der Waals surface area contributed by atoms with Gasteiger partial charge in [0.25, 0.3) is 0 Å². The summed E-state index contributed by atoms with van der Waals surface area (Å²) in [7, 11) is 0. The Morgan fingerprint density at radius 2 is 1.65 bits per heavy atom. The average molecular weight is 532 g/mol. The van der Waals surface area contributed by atoms with Crippen LogP contribution in [0.1, 0.15) is 19.4 Å². The first-order valence-corrected chi connectivity index (χ1v) is 20.1. The molecule has 2 nitrogen and oxygen atoms in total. The van der Waals surface area contributed by atoms with E-state index in [1.807, 2.05) is 0 Å². The van der Waals surface area contributed by atoms with Crippen LogP contribution >= 0.6 is 0 Å². The van der Waals surface area contributed by atoms with Crippen LogP contribution in [0.2, 0.25) is 17.3 Å². The van der Waals surface area contributed by atoms with Crippen LogP contribution in [0, 0.1) is 5.92 Å². The van der Waals surface area contributed by atoms with Gasteiger partial charge in [0.05, 0.1) is 0 Å². The first-order valence-electron chi connectivity index (χ1n) is 11.0. The fourth-order valence-electron chi connectivity index (χ4n) is 4.53. The normalized spacial score (nSPS) is 12.5. The molecule has 2 heterocycles. The molecule has 3 aromatic carbocycles. The molecule has 2 aromatic heterocycles. The fourth-order valence-corrected chi connectivity index (χ4v) is 10.6. The Kier molecular flexibility index (Phi) is 5.32. The molecule has 5 rings (SSSR count). The van der Waals surface area contributed by atoms with E-state index in [1.165, 1.54) is 35.8 Å². The van der Waals surface area contributed by atoms with Crippen LogP contribution in [-0.2, 0) is 6.42 Å². The molecule has 4 heteroatoms. The Morgan fingerprint density at radius 3 is 2.42 bits per heavy atom. The van der Waals surface area contributed by atoms with Gasteiger partial charge in [-0.25, -0.2) is 0 Å². The van der Waals surface area contributed by atoms with E-state index in [-0.39, 0.29) is 14.5 Å². The molecule has 0 aliphatic rings. The predicted molar refractivity (Wildman–Crippen MR) is 138 cm³/mol. The molecule has 0 aliphatic heterocycles. The van der Waals surface area contributed by atoms with Gasteiger partial charge in [-0.15, -0.1) is 0 Å². The van der Waals surface area contributed by atoms with Gasteiger partial charge in [0.1, 0.15) is 0 Å². The zero-order valence-corrected chi connectivity index (χ0v) is 22.7. The van der Waals surface area contributed by atoms with Crippen molar-refractivity contribution in [1.29, 1.82) is 0 Å². The summed E-state index contributed by atoms with van der Waals surface area (Å²) in [6.45, 7) is 4.60. The van der Waals surface area contributed by atoms with E-state index in [1.54, 1.807) is 10.7 Å². The van der Waals surface area contributed by atoms with Crippen LogP contribution in [0.5, 0.6) is 0 Å². The number of nitrogens with zero attached hydrogens (tertiary/aromatic N) is 2. The standard InChI is InChI=1S/C27H28GeN2Se/c1-17(2)13-19-10-8-12-22-25-27(31-26(19)22)24(29-16-30-25)20-14-18-9-6-7-11-21(18)23(15-20)28(3,4)5/h6-12,14-17H,13H2,1-5H3. The van der Waals surface area contributed by atoms with Gasteiger partial charge in [-0.05, 0) is 0 Å². The Balaban J connectivity index is 1.81. The fraction of sp³-hybridized carbons (Fsp3) is 0.259. The molecule has 31 heavy (non-hydrogen) atoms. The van der Waals surface area contributed by atoms with Gasteiger partial charge in [0, 0.05) is 0 Å². The first-order chi connectivity index (χ1) is 14.8. The second-order valence-corrected chi connectivity index (χ2v) is 22.6. The third-order valence-electron chi connectivity index (χ3n) is 5.93. The van der Waals surface area contributed by atoms with Crippen LogP contribution in [0.3, 0.4) is 0 Å². The van der Waals surface area contributed by atoms with Crippen molar-refractivity contribution < 1.29 is 0 Å². The van der Waals surface area contributed by atoms with Crippen molar-refractivity contribution in [2.45, 2.75) is 37.5 Å². The maximum absolute atomic E-state index is 4.85. The van der Waals surface area contributed by atoms with Gasteiger partial charge in [0.15, 0.2) is 0 Å². The van der Waals surface area contributed by atoms with Gasteiger partial charge in [-0.3, -0.25) is 0 Å². The molecule has 0 aliphatic carbocycles.